The summed E-state index contributed by atoms with van der Waals surface area (Å²) in [5.41, 5.74) is 17.9. The topological polar surface area (TPSA) is 32.5 Å². The largest absolute Gasteiger partial charge is 0.399 e. The maximum Gasteiger partial charge on any atom is 0.0464 e. The van der Waals surface area contributed by atoms with E-state index < -0.39 is 0 Å². The van der Waals surface area contributed by atoms with E-state index in [1.807, 2.05) is 30.3 Å². The van der Waals surface area contributed by atoms with Crippen molar-refractivity contribution >= 4 is 39.8 Å². The first-order chi connectivity index (χ1) is 23.0. The van der Waals surface area contributed by atoms with Crippen LogP contribution in [0.25, 0.3) is 11.1 Å². The number of rotatable bonds is 7. The van der Waals surface area contributed by atoms with Crippen molar-refractivity contribution in [1.29, 1.82) is 0 Å². The summed E-state index contributed by atoms with van der Waals surface area (Å²) in [6, 6.07) is 65.6. The molecule has 0 aliphatic carbocycles. The van der Waals surface area contributed by atoms with Gasteiger partial charge in [-0.3, -0.25) is 0 Å². The summed E-state index contributed by atoms with van der Waals surface area (Å²) in [6.45, 7) is 4.27. The molecule has 230 valence electrons. The molecule has 0 unspecified atom stereocenters. The summed E-state index contributed by atoms with van der Waals surface area (Å²) in [4.78, 5) is 4.61. The van der Waals surface area contributed by atoms with E-state index in [0.717, 1.165) is 39.8 Å². The van der Waals surface area contributed by atoms with Gasteiger partial charge in [-0.15, -0.1) is 0 Å². The van der Waals surface area contributed by atoms with E-state index in [4.69, 9.17) is 5.73 Å². The predicted octanol–water partition coefficient (Wildman–Crippen LogP) is 12.2. The molecule has 0 heterocycles. The molecule has 0 aliphatic heterocycles. The quantitative estimate of drug-likeness (QED) is 0.182. The van der Waals surface area contributed by atoms with Gasteiger partial charge < -0.3 is 15.5 Å². The first-order valence-corrected chi connectivity index (χ1v) is 15.9. The lowest BCUT2D eigenvalue weighted by Gasteiger charge is -2.26. The number of anilines is 7. The molecule has 0 aliphatic rings. The molecular weight excluding hydrogens is 571 g/mol. The zero-order valence-electron chi connectivity index (χ0n) is 26.9. The zero-order chi connectivity index (χ0) is 32.4. The SMILES string of the molecule is Cc1cccc(N(c2ccccc2)c2ccc(-c3ccc(N(c4ccccc4)c4cccc(C)c4)cc3)cc2)c1.Nc1ccccc1. The maximum atomic E-state index is 5.36. The fourth-order valence-electron chi connectivity index (χ4n) is 5.64. The molecule has 0 saturated heterocycles. The third kappa shape index (κ3) is 7.78. The Morgan fingerprint density at radius 1 is 0.319 bits per heavy atom. The Kier molecular flexibility index (Phi) is 9.75. The first-order valence-electron chi connectivity index (χ1n) is 15.9. The van der Waals surface area contributed by atoms with Crippen LogP contribution >= 0.6 is 0 Å². The molecular formula is C44H39N3. The summed E-state index contributed by atoms with van der Waals surface area (Å²) in [6.07, 6.45) is 0. The van der Waals surface area contributed by atoms with Crippen LogP contribution in [0.4, 0.5) is 39.8 Å². The molecule has 47 heavy (non-hydrogen) atoms. The van der Waals surface area contributed by atoms with Crippen LogP contribution in [-0.4, -0.2) is 0 Å². The van der Waals surface area contributed by atoms with Crippen molar-refractivity contribution in [2.75, 3.05) is 15.5 Å². The molecule has 7 rings (SSSR count). The van der Waals surface area contributed by atoms with Crippen LogP contribution in [0.5, 0.6) is 0 Å². The van der Waals surface area contributed by atoms with Gasteiger partial charge in [-0.25, -0.2) is 0 Å². The predicted molar refractivity (Wildman–Crippen MR) is 202 cm³/mol. The standard InChI is InChI=1S/C38H32N2.C6H7N/c1-29-11-9-17-37(27-29)39(33-13-5-3-6-14-33)35-23-19-31(20-24-35)32-21-25-36(26-22-32)40(34-15-7-4-8-16-34)38-18-10-12-30(2)28-38;7-6-4-2-1-3-5-6/h3-28H,1-2H3;1-5H,7H2. The number of hydrogen-bond acceptors (Lipinski definition) is 3. The second-order valence-corrected chi connectivity index (χ2v) is 11.5. The van der Waals surface area contributed by atoms with Crippen LogP contribution in [0.3, 0.4) is 0 Å². The highest BCUT2D eigenvalue weighted by Gasteiger charge is 2.14. The number of aryl methyl sites for hydroxylation is 2. The van der Waals surface area contributed by atoms with Gasteiger partial charge in [0, 0.05) is 39.8 Å². The van der Waals surface area contributed by atoms with Gasteiger partial charge in [0.1, 0.15) is 0 Å². The van der Waals surface area contributed by atoms with Crippen LogP contribution in [0.1, 0.15) is 11.1 Å². The third-order valence-corrected chi connectivity index (χ3v) is 7.93. The average molecular weight is 610 g/mol. The minimum Gasteiger partial charge on any atom is -0.399 e. The summed E-state index contributed by atoms with van der Waals surface area (Å²) < 4.78 is 0. The van der Waals surface area contributed by atoms with E-state index in [1.165, 1.54) is 22.3 Å². The Labute approximate surface area is 278 Å². The lowest BCUT2D eigenvalue weighted by Crippen LogP contribution is -2.10. The molecule has 0 amide bonds. The van der Waals surface area contributed by atoms with Crippen molar-refractivity contribution in [3.05, 3.63) is 199 Å². The number of nitrogen functional groups attached to an aromatic ring is 1. The molecule has 0 atom stereocenters. The van der Waals surface area contributed by atoms with E-state index in [-0.39, 0.29) is 0 Å². The number of hydrogen-bond donors (Lipinski definition) is 1. The van der Waals surface area contributed by atoms with Gasteiger partial charge in [0.15, 0.2) is 0 Å². The smallest absolute Gasteiger partial charge is 0.0464 e. The molecule has 0 saturated carbocycles. The molecule has 7 aromatic carbocycles. The summed E-state index contributed by atoms with van der Waals surface area (Å²) in [7, 11) is 0. The van der Waals surface area contributed by atoms with Crippen LogP contribution in [0.15, 0.2) is 188 Å². The number of nitrogens with two attached hydrogens (primary N) is 1. The first kappa shape index (κ1) is 30.9. The van der Waals surface area contributed by atoms with Gasteiger partial charge in [-0.05, 0) is 121 Å². The number of nitrogens with zero attached hydrogens (tertiary/aromatic N) is 2. The van der Waals surface area contributed by atoms with E-state index in [0.29, 0.717) is 0 Å². The van der Waals surface area contributed by atoms with Crippen molar-refractivity contribution in [2.24, 2.45) is 0 Å². The Balaban J connectivity index is 0.000000491. The highest BCUT2D eigenvalue weighted by atomic mass is 15.1. The zero-order valence-corrected chi connectivity index (χ0v) is 26.9. The van der Waals surface area contributed by atoms with Gasteiger partial charge in [0.05, 0.1) is 0 Å². The molecule has 2 N–H and O–H groups in total. The summed E-state index contributed by atoms with van der Waals surface area (Å²) in [5.74, 6) is 0. The molecule has 0 aromatic heterocycles. The van der Waals surface area contributed by atoms with Crippen LogP contribution in [-0.2, 0) is 0 Å². The van der Waals surface area contributed by atoms with Crippen LogP contribution in [0, 0.1) is 13.8 Å². The molecule has 0 radical (unpaired) electrons. The minimum atomic E-state index is 0.822. The minimum absolute atomic E-state index is 0.822. The molecule has 0 fully saturated rings. The van der Waals surface area contributed by atoms with Crippen LogP contribution < -0.4 is 15.5 Å². The molecule has 3 heteroatoms. The van der Waals surface area contributed by atoms with Crippen LogP contribution in [0.2, 0.25) is 0 Å². The van der Waals surface area contributed by atoms with Gasteiger partial charge in [-0.2, -0.15) is 0 Å². The van der Waals surface area contributed by atoms with Crippen molar-refractivity contribution < 1.29 is 0 Å². The maximum absolute atomic E-state index is 5.36. The summed E-state index contributed by atoms with van der Waals surface area (Å²) >= 11 is 0. The van der Waals surface area contributed by atoms with Gasteiger partial charge in [0.2, 0.25) is 0 Å². The van der Waals surface area contributed by atoms with E-state index in [9.17, 15) is 0 Å². The third-order valence-electron chi connectivity index (χ3n) is 7.93. The lowest BCUT2D eigenvalue weighted by atomic mass is 10.0. The molecule has 0 bridgehead atoms. The van der Waals surface area contributed by atoms with Gasteiger partial charge in [0.25, 0.3) is 0 Å². The molecule has 0 spiro atoms. The highest BCUT2D eigenvalue weighted by molar-refractivity contribution is 5.80. The van der Waals surface area contributed by atoms with Crippen molar-refractivity contribution in [1.82, 2.24) is 0 Å². The molecule has 3 nitrogen and oxygen atoms in total. The number of benzene rings is 7. The average Bonchev–Trinajstić information content (AvgIpc) is 3.11. The summed E-state index contributed by atoms with van der Waals surface area (Å²) in [5, 5.41) is 0. The normalized spacial score (nSPS) is 10.4. The lowest BCUT2D eigenvalue weighted by molar-refractivity contribution is 1.27. The van der Waals surface area contributed by atoms with Crippen molar-refractivity contribution in [3.8, 4) is 11.1 Å². The van der Waals surface area contributed by atoms with E-state index in [1.54, 1.807) is 0 Å². The Morgan fingerprint density at radius 3 is 0.957 bits per heavy atom. The molecule has 7 aromatic rings. The Morgan fingerprint density at radius 2 is 0.638 bits per heavy atom. The fraction of sp³-hybridized carbons (Fsp3) is 0.0455. The van der Waals surface area contributed by atoms with Gasteiger partial charge in [-0.1, -0.05) is 103 Å². The van der Waals surface area contributed by atoms with Crippen molar-refractivity contribution in [3.63, 3.8) is 0 Å². The van der Waals surface area contributed by atoms with E-state index >= 15 is 0 Å². The number of para-hydroxylation sites is 3. The van der Waals surface area contributed by atoms with E-state index in [2.05, 4.69) is 181 Å². The van der Waals surface area contributed by atoms with Crippen molar-refractivity contribution in [2.45, 2.75) is 13.8 Å². The second kappa shape index (κ2) is 14.8. The highest BCUT2D eigenvalue weighted by Crippen LogP contribution is 2.38. The monoisotopic (exact) mass is 609 g/mol. The Hall–Kier alpha value is -6.06. The second-order valence-electron chi connectivity index (χ2n) is 11.5. The Bertz CT molecular complexity index is 1860. The van der Waals surface area contributed by atoms with Gasteiger partial charge >= 0.3 is 0 Å². The fourth-order valence-corrected chi connectivity index (χ4v) is 5.64.